The van der Waals surface area contributed by atoms with Gasteiger partial charge in [-0.15, -0.1) is 6.58 Å². The minimum absolute atomic E-state index is 0.166. The number of ether oxygens (including phenoxy) is 7. The Kier molecular flexibility index (Phi) is 13.5. The van der Waals surface area contributed by atoms with E-state index in [4.69, 9.17) is 33.2 Å². The predicted molar refractivity (Wildman–Crippen MR) is 188 cm³/mol. The van der Waals surface area contributed by atoms with Gasteiger partial charge in [-0.1, -0.05) is 26.8 Å². The van der Waals surface area contributed by atoms with Gasteiger partial charge in [0.2, 0.25) is 0 Å². The van der Waals surface area contributed by atoms with Gasteiger partial charge in [0, 0.05) is 38.5 Å². The number of carbonyl (C=O) groups excluding carboxylic acids is 1. The largest absolute Gasteiger partial charge is 0.488 e. The molecule has 4 rings (SSSR count). The van der Waals surface area contributed by atoms with E-state index in [2.05, 4.69) is 11.9 Å². The lowest BCUT2D eigenvalue weighted by Crippen LogP contribution is -2.60. The highest BCUT2D eigenvalue weighted by atomic mass is 16.7. The van der Waals surface area contributed by atoms with Crippen LogP contribution >= 0.6 is 0 Å². The zero-order valence-corrected chi connectivity index (χ0v) is 32.5. The van der Waals surface area contributed by atoms with E-state index >= 15 is 0 Å². The third-order valence-corrected chi connectivity index (χ3v) is 11.8. The Bertz CT molecular complexity index is 1250. The van der Waals surface area contributed by atoms with E-state index in [9.17, 15) is 25.2 Å². The molecule has 0 spiro atoms. The SMILES string of the molecule is C=CCNC1CC(C)O[C@@H](O[C@@H]2[C@@H](C)[C@H](O[C@H]3CC(C)(OC)[C@@H](O)C(C)O3)[C@@H](C)C(=O)O[C@@H]([C@](C)(O)[C@H](O)CC)[C@@H](C)C3=C(C)CC2(C)O3)C1O. The van der Waals surface area contributed by atoms with Crippen LogP contribution in [0.1, 0.15) is 94.9 Å². The van der Waals surface area contributed by atoms with Gasteiger partial charge in [-0.2, -0.15) is 0 Å². The van der Waals surface area contributed by atoms with Gasteiger partial charge in [0.1, 0.15) is 41.4 Å². The molecule has 4 aliphatic rings. The highest BCUT2D eigenvalue weighted by Gasteiger charge is 2.56. The Balaban J connectivity index is 1.82. The summed E-state index contributed by atoms with van der Waals surface area (Å²) in [5.41, 5.74) is -2.99. The van der Waals surface area contributed by atoms with E-state index in [0.29, 0.717) is 25.1 Å². The van der Waals surface area contributed by atoms with Gasteiger partial charge >= 0.3 is 5.97 Å². The number of carbonyl (C=O) groups is 1. The van der Waals surface area contributed by atoms with Gasteiger partial charge in [-0.25, -0.2) is 0 Å². The van der Waals surface area contributed by atoms with Gasteiger partial charge in [0.25, 0.3) is 0 Å². The normalized spacial score (nSPS) is 45.6. The zero-order valence-electron chi connectivity index (χ0n) is 32.5. The number of hydrogen-bond acceptors (Lipinski definition) is 13. The molecule has 0 aromatic carbocycles. The van der Waals surface area contributed by atoms with Crippen LogP contribution < -0.4 is 5.32 Å². The van der Waals surface area contributed by atoms with Crippen molar-refractivity contribution in [2.45, 2.75) is 179 Å². The number of aliphatic hydroxyl groups is 4. The summed E-state index contributed by atoms with van der Waals surface area (Å²) < 4.78 is 44.8. The quantitative estimate of drug-likeness (QED) is 0.155. The van der Waals surface area contributed by atoms with Gasteiger partial charge in [-0.3, -0.25) is 4.79 Å². The number of esters is 1. The molecule has 0 saturated carbocycles. The third-order valence-electron chi connectivity index (χ3n) is 11.8. The second kappa shape index (κ2) is 16.4. The molecule has 3 fully saturated rings. The average molecular weight is 728 g/mol. The van der Waals surface area contributed by atoms with Crippen LogP contribution in [-0.4, -0.2) is 124 Å². The summed E-state index contributed by atoms with van der Waals surface area (Å²) in [5.74, 6) is -2.32. The van der Waals surface area contributed by atoms with Crippen molar-refractivity contribution in [1.29, 1.82) is 0 Å². The van der Waals surface area contributed by atoms with Crippen molar-refractivity contribution in [2.24, 2.45) is 17.8 Å². The molecule has 0 amide bonds. The third kappa shape index (κ3) is 8.53. The van der Waals surface area contributed by atoms with Crippen LogP contribution in [0.4, 0.5) is 0 Å². The first kappa shape index (κ1) is 42.1. The van der Waals surface area contributed by atoms with Crippen LogP contribution in [0.3, 0.4) is 0 Å². The lowest BCUT2D eigenvalue weighted by atomic mass is 9.78. The zero-order chi connectivity index (χ0) is 38.2. The first-order valence-electron chi connectivity index (χ1n) is 18.6. The molecule has 5 N–H and O–H groups in total. The van der Waals surface area contributed by atoms with E-state index < -0.39 is 95.8 Å². The number of cyclic esters (lactones) is 1. The number of fused-ring (bicyclic) bond motifs is 2. The summed E-state index contributed by atoms with van der Waals surface area (Å²) in [4.78, 5) is 14.3. The fourth-order valence-corrected chi connectivity index (χ4v) is 8.67. The molecule has 13 nitrogen and oxygen atoms in total. The first-order chi connectivity index (χ1) is 23.7. The number of methoxy groups -OCH3 is 1. The lowest BCUT2D eigenvalue weighted by Gasteiger charge is -2.48. The Morgan fingerprint density at radius 2 is 1.78 bits per heavy atom. The van der Waals surface area contributed by atoms with Gasteiger partial charge in [0.15, 0.2) is 12.6 Å². The smallest absolute Gasteiger partial charge is 0.311 e. The molecule has 294 valence electrons. The van der Waals surface area contributed by atoms with Crippen LogP contribution in [0.5, 0.6) is 0 Å². The molecule has 4 aliphatic heterocycles. The molecule has 0 aromatic rings. The summed E-state index contributed by atoms with van der Waals surface area (Å²) in [7, 11) is 1.52. The fourth-order valence-electron chi connectivity index (χ4n) is 8.67. The Hall–Kier alpha value is -1.65. The maximum absolute atomic E-state index is 14.3. The van der Waals surface area contributed by atoms with E-state index in [1.54, 1.807) is 33.8 Å². The lowest BCUT2D eigenvalue weighted by molar-refractivity contribution is -0.314. The molecule has 0 aliphatic carbocycles. The van der Waals surface area contributed by atoms with E-state index in [0.717, 1.165) is 5.57 Å². The van der Waals surface area contributed by atoms with Crippen LogP contribution in [0.15, 0.2) is 24.0 Å². The van der Waals surface area contributed by atoms with Crippen molar-refractivity contribution < 1.29 is 58.4 Å². The van der Waals surface area contributed by atoms with Crippen molar-refractivity contribution in [2.75, 3.05) is 13.7 Å². The minimum Gasteiger partial charge on any atom is -0.488 e. The molecule has 2 bridgehead atoms. The molecule has 4 heterocycles. The van der Waals surface area contributed by atoms with E-state index in [1.807, 2.05) is 34.6 Å². The van der Waals surface area contributed by atoms with Gasteiger partial charge in [-0.05, 0) is 66.9 Å². The number of aliphatic hydroxyl groups excluding tert-OH is 3. The van der Waals surface area contributed by atoms with Crippen molar-refractivity contribution in [3.63, 3.8) is 0 Å². The molecule has 3 saturated heterocycles. The number of rotatable bonds is 11. The highest BCUT2D eigenvalue weighted by Crippen LogP contribution is 2.48. The monoisotopic (exact) mass is 727 g/mol. The van der Waals surface area contributed by atoms with Crippen LogP contribution in [-0.2, 0) is 38.0 Å². The minimum atomic E-state index is -1.83. The molecule has 51 heavy (non-hydrogen) atoms. The molecular formula is C38H65NO12. The molecular weight excluding hydrogens is 662 g/mol. The summed E-state index contributed by atoms with van der Waals surface area (Å²) in [6, 6.07) is -0.327. The first-order valence-corrected chi connectivity index (χ1v) is 18.6. The molecule has 13 heteroatoms. The second-order valence-corrected chi connectivity index (χ2v) is 16.1. The number of nitrogens with one attached hydrogen (secondary N) is 1. The second-order valence-electron chi connectivity index (χ2n) is 16.1. The van der Waals surface area contributed by atoms with Crippen LogP contribution in [0.2, 0.25) is 0 Å². The summed E-state index contributed by atoms with van der Waals surface area (Å²) in [5, 5.41) is 48.5. The predicted octanol–water partition coefficient (Wildman–Crippen LogP) is 3.11. The fraction of sp³-hybridized carbons (Fsp3) is 0.868. The van der Waals surface area contributed by atoms with E-state index in [-0.39, 0.29) is 25.0 Å². The Labute approximate surface area is 304 Å². The van der Waals surface area contributed by atoms with Gasteiger partial charge < -0.3 is 58.9 Å². The van der Waals surface area contributed by atoms with Crippen LogP contribution in [0, 0.1) is 17.8 Å². The number of hydrogen-bond donors (Lipinski definition) is 5. The Morgan fingerprint density at radius 3 is 2.39 bits per heavy atom. The average Bonchev–Trinajstić information content (AvgIpc) is 3.39. The summed E-state index contributed by atoms with van der Waals surface area (Å²) in [6.45, 7) is 22.2. The van der Waals surface area contributed by atoms with Crippen molar-refractivity contribution in [3.05, 3.63) is 24.0 Å². The van der Waals surface area contributed by atoms with E-state index in [1.165, 1.54) is 14.0 Å². The van der Waals surface area contributed by atoms with Crippen LogP contribution in [0.25, 0.3) is 0 Å². The molecule has 6 unspecified atom stereocenters. The maximum Gasteiger partial charge on any atom is 0.311 e. The summed E-state index contributed by atoms with van der Waals surface area (Å²) in [6.07, 6.45) is -5.80. The van der Waals surface area contributed by atoms with Crippen molar-refractivity contribution in [1.82, 2.24) is 5.32 Å². The topological polar surface area (TPSA) is 175 Å². The van der Waals surface area contributed by atoms with Gasteiger partial charge in [0.05, 0.1) is 41.9 Å². The molecule has 0 aromatic heterocycles. The van der Waals surface area contributed by atoms with Crippen molar-refractivity contribution in [3.8, 4) is 0 Å². The highest BCUT2D eigenvalue weighted by molar-refractivity contribution is 5.73. The standard InChI is InChI=1S/C38H65NO12/c1-13-15-39-25-16-20(4)46-35(28(25)41)50-32-22(6)30(48-27-18-36(9,45-12)31(42)24(8)47-27)23(7)34(43)49-33(38(11,44)26(40)14-2)21(5)29-19(3)17-37(32,10)51-29/h13,20-28,30-33,35,39-42,44H,1,14-18H2,2-12H3/t20?,21-,22-,23+,24?,25?,26+,27-,28?,30-,31-,32+,33+,35-,36?,37?,38+/m0/s1. The Morgan fingerprint density at radius 1 is 1.12 bits per heavy atom. The molecule has 17 atom stereocenters. The maximum atomic E-state index is 14.3. The molecule has 0 radical (unpaired) electrons. The van der Waals surface area contributed by atoms with Crippen molar-refractivity contribution >= 4 is 5.97 Å². The summed E-state index contributed by atoms with van der Waals surface area (Å²) >= 11 is 0.